The Morgan fingerprint density at radius 2 is 2.10 bits per heavy atom. The van der Waals surface area contributed by atoms with Gasteiger partial charge in [0, 0.05) is 23.9 Å². The van der Waals surface area contributed by atoms with Crippen LogP contribution in [0.25, 0.3) is 0 Å². The Kier molecular flexibility index (Phi) is 6.46. The van der Waals surface area contributed by atoms with Crippen LogP contribution in [0.3, 0.4) is 0 Å². The van der Waals surface area contributed by atoms with Crippen LogP contribution in [-0.2, 0) is 19.1 Å². The standard InChI is InChI=1S/C19H16ClF2N3O5/c1-9(17(27)24-10-4-5-14(13(20)7-10)30-19(21)22)29-18(28)12-8-15(26)25-16-11(12)3-2-6-23-16/h2-7,9,12,19H,8H2,1H3,(H,24,27)(H,23,25,26). The Hall–Kier alpha value is -3.27. The number of amides is 2. The number of benzene rings is 1. The van der Waals surface area contributed by atoms with Crippen LogP contribution in [0.4, 0.5) is 20.3 Å². The lowest BCUT2D eigenvalue weighted by molar-refractivity contribution is -0.155. The molecule has 158 valence electrons. The summed E-state index contributed by atoms with van der Waals surface area (Å²) in [5, 5.41) is 4.90. The predicted octanol–water partition coefficient (Wildman–Crippen LogP) is 3.33. The number of ether oxygens (including phenoxy) is 2. The molecular formula is C19H16ClF2N3O5. The third-order valence-corrected chi connectivity index (χ3v) is 4.52. The van der Waals surface area contributed by atoms with Crippen molar-refractivity contribution in [1.29, 1.82) is 0 Å². The molecule has 11 heteroatoms. The van der Waals surface area contributed by atoms with Crippen molar-refractivity contribution in [2.45, 2.75) is 32.0 Å². The number of rotatable bonds is 6. The van der Waals surface area contributed by atoms with Crippen LogP contribution in [0.2, 0.25) is 5.02 Å². The fourth-order valence-electron chi connectivity index (χ4n) is 2.82. The molecule has 0 aliphatic carbocycles. The minimum Gasteiger partial charge on any atom is -0.452 e. The molecular weight excluding hydrogens is 424 g/mol. The first-order chi connectivity index (χ1) is 14.2. The molecule has 0 bridgehead atoms. The Morgan fingerprint density at radius 3 is 2.80 bits per heavy atom. The molecule has 0 spiro atoms. The minimum absolute atomic E-state index is 0.130. The largest absolute Gasteiger partial charge is 0.452 e. The van der Waals surface area contributed by atoms with E-state index >= 15 is 0 Å². The number of pyridine rings is 1. The number of halogens is 3. The quantitative estimate of drug-likeness (QED) is 0.669. The summed E-state index contributed by atoms with van der Waals surface area (Å²) >= 11 is 5.85. The SMILES string of the molecule is CC(OC(=O)C1CC(=O)Nc2ncccc21)C(=O)Nc1ccc(OC(F)F)c(Cl)c1. The van der Waals surface area contributed by atoms with Gasteiger partial charge in [-0.15, -0.1) is 0 Å². The van der Waals surface area contributed by atoms with Gasteiger partial charge in [-0.25, -0.2) is 4.98 Å². The van der Waals surface area contributed by atoms with Crippen molar-refractivity contribution in [2.24, 2.45) is 0 Å². The highest BCUT2D eigenvalue weighted by atomic mass is 35.5. The van der Waals surface area contributed by atoms with E-state index in [-0.39, 0.29) is 34.6 Å². The normalized spacial score (nSPS) is 16.3. The van der Waals surface area contributed by atoms with Gasteiger partial charge in [0.1, 0.15) is 11.6 Å². The second-order valence-electron chi connectivity index (χ2n) is 6.34. The molecule has 2 N–H and O–H groups in total. The predicted molar refractivity (Wildman–Crippen MR) is 102 cm³/mol. The van der Waals surface area contributed by atoms with E-state index in [1.807, 2.05) is 0 Å². The smallest absolute Gasteiger partial charge is 0.387 e. The van der Waals surface area contributed by atoms with Crippen molar-refractivity contribution >= 4 is 40.9 Å². The maximum atomic E-state index is 12.6. The summed E-state index contributed by atoms with van der Waals surface area (Å²) in [4.78, 5) is 40.7. The van der Waals surface area contributed by atoms with Gasteiger partial charge >= 0.3 is 12.6 Å². The number of carbonyl (C=O) groups is 3. The molecule has 1 aromatic carbocycles. The summed E-state index contributed by atoms with van der Waals surface area (Å²) in [7, 11) is 0. The average molecular weight is 440 g/mol. The summed E-state index contributed by atoms with van der Waals surface area (Å²) in [5.74, 6) is -2.67. The minimum atomic E-state index is -3.04. The van der Waals surface area contributed by atoms with E-state index in [0.29, 0.717) is 5.56 Å². The Labute approximate surface area is 174 Å². The number of esters is 1. The zero-order chi connectivity index (χ0) is 21.8. The summed E-state index contributed by atoms with van der Waals surface area (Å²) in [6.45, 7) is -1.68. The van der Waals surface area contributed by atoms with E-state index < -0.39 is 30.5 Å². The fraction of sp³-hybridized carbons (Fsp3) is 0.263. The first-order valence-corrected chi connectivity index (χ1v) is 9.13. The van der Waals surface area contributed by atoms with Crippen LogP contribution in [0, 0.1) is 0 Å². The molecule has 2 atom stereocenters. The number of nitrogens with zero attached hydrogens (tertiary/aromatic N) is 1. The number of hydrogen-bond acceptors (Lipinski definition) is 6. The van der Waals surface area contributed by atoms with E-state index in [9.17, 15) is 23.2 Å². The van der Waals surface area contributed by atoms with Crippen molar-refractivity contribution in [3.8, 4) is 5.75 Å². The third kappa shape index (κ3) is 5.01. The van der Waals surface area contributed by atoms with Crippen LogP contribution >= 0.6 is 11.6 Å². The Balaban J connectivity index is 1.64. The second kappa shape index (κ2) is 9.04. The van der Waals surface area contributed by atoms with Crippen LogP contribution in [0.15, 0.2) is 36.5 Å². The topological polar surface area (TPSA) is 107 Å². The third-order valence-electron chi connectivity index (χ3n) is 4.22. The first kappa shape index (κ1) is 21.4. The fourth-order valence-corrected chi connectivity index (χ4v) is 3.04. The van der Waals surface area contributed by atoms with E-state index in [0.717, 1.165) is 0 Å². The molecule has 0 radical (unpaired) electrons. The highest BCUT2D eigenvalue weighted by Crippen LogP contribution is 2.32. The van der Waals surface area contributed by atoms with E-state index in [1.54, 1.807) is 12.1 Å². The summed E-state index contributed by atoms with van der Waals surface area (Å²) in [6, 6.07) is 6.97. The van der Waals surface area contributed by atoms with Gasteiger partial charge in [0.2, 0.25) is 5.91 Å². The lowest BCUT2D eigenvalue weighted by Crippen LogP contribution is -2.34. The first-order valence-electron chi connectivity index (χ1n) is 8.75. The molecule has 0 saturated heterocycles. The van der Waals surface area contributed by atoms with E-state index in [1.165, 1.54) is 31.3 Å². The van der Waals surface area contributed by atoms with Crippen LogP contribution in [0.5, 0.6) is 5.75 Å². The maximum absolute atomic E-state index is 12.6. The average Bonchev–Trinajstić information content (AvgIpc) is 2.69. The Morgan fingerprint density at radius 1 is 1.33 bits per heavy atom. The lowest BCUT2D eigenvalue weighted by Gasteiger charge is -2.24. The molecule has 8 nitrogen and oxygen atoms in total. The summed E-state index contributed by atoms with van der Waals surface area (Å²) in [5.41, 5.74) is 0.692. The van der Waals surface area contributed by atoms with Crippen molar-refractivity contribution < 1.29 is 32.6 Å². The number of hydrogen-bond donors (Lipinski definition) is 2. The van der Waals surface area contributed by atoms with Gasteiger partial charge in [-0.3, -0.25) is 14.4 Å². The van der Waals surface area contributed by atoms with E-state index in [2.05, 4.69) is 20.4 Å². The highest BCUT2D eigenvalue weighted by molar-refractivity contribution is 6.32. The lowest BCUT2D eigenvalue weighted by atomic mass is 9.93. The maximum Gasteiger partial charge on any atom is 0.387 e. The van der Waals surface area contributed by atoms with Gasteiger partial charge in [-0.2, -0.15) is 8.78 Å². The monoisotopic (exact) mass is 439 g/mol. The Bertz CT molecular complexity index is 988. The molecule has 2 unspecified atom stereocenters. The van der Waals surface area contributed by atoms with Crippen molar-refractivity contribution in [1.82, 2.24) is 4.98 Å². The molecule has 1 aromatic heterocycles. The number of carbonyl (C=O) groups excluding carboxylic acids is 3. The zero-order valence-electron chi connectivity index (χ0n) is 15.5. The van der Waals surface area contributed by atoms with Crippen LogP contribution in [0.1, 0.15) is 24.8 Å². The number of fused-ring (bicyclic) bond motifs is 1. The zero-order valence-corrected chi connectivity index (χ0v) is 16.3. The molecule has 3 rings (SSSR count). The van der Waals surface area contributed by atoms with Gasteiger partial charge in [-0.05, 0) is 31.2 Å². The summed E-state index contributed by atoms with van der Waals surface area (Å²) < 4.78 is 34.0. The molecule has 30 heavy (non-hydrogen) atoms. The number of nitrogens with one attached hydrogen (secondary N) is 2. The second-order valence-corrected chi connectivity index (χ2v) is 6.75. The molecule has 0 fully saturated rings. The molecule has 2 amide bonds. The molecule has 2 aromatic rings. The number of alkyl halides is 2. The molecule has 0 saturated carbocycles. The van der Waals surface area contributed by atoms with Gasteiger partial charge in [-0.1, -0.05) is 17.7 Å². The van der Waals surface area contributed by atoms with Crippen molar-refractivity contribution in [2.75, 3.05) is 10.6 Å². The molecule has 1 aliphatic heterocycles. The van der Waals surface area contributed by atoms with E-state index in [4.69, 9.17) is 16.3 Å². The van der Waals surface area contributed by atoms with Crippen LogP contribution < -0.4 is 15.4 Å². The van der Waals surface area contributed by atoms with Crippen LogP contribution in [-0.4, -0.2) is 35.5 Å². The van der Waals surface area contributed by atoms with Gasteiger partial charge < -0.3 is 20.1 Å². The number of aromatic nitrogens is 1. The van der Waals surface area contributed by atoms with Crippen molar-refractivity contribution in [3.05, 3.63) is 47.1 Å². The summed E-state index contributed by atoms with van der Waals surface area (Å²) in [6.07, 6.45) is 0.150. The number of anilines is 2. The molecule has 1 aliphatic rings. The molecule has 2 heterocycles. The highest BCUT2D eigenvalue weighted by Gasteiger charge is 2.34. The van der Waals surface area contributed by atoms with Crippen molar-refractivity contribution in [3.63, 3.8) is 0 Å². The van der Waals surface area contributed by atoms with Gasteiger partial charge in [0.15, 0.2) is 6.10 Å². The van der Waals surface area contributed by atoms with Gasteiger partial charge in [0.25, 0.3) is 5.91 Å². The van der Waals surface area contributed by atoms with Gasteiger partial charge in [0.05, 0.1) is 10.9 Å².